The zero-order chi connectivity index (χ0) is 9.84. The monoisotopic (exact) mass is 184 g/mol. The average molecular weight is 184 g/mol. The van der Waals surface area contributed by atoms with Crippen molar-refractivity contribution in [2.75, 3.05) is 13.1 Å². The van der Waals surface area contributed by atoms with E-state index in [0.29, 0.717) is 18.4 Å². The highest BCUT2D eigenvalue weighted by molar-refractivity contribution is 5.75. The van der Waals surface area contributed by atoms with E-state index in [9.17, 15) is 4.79 Å². The van der Waals surface area contributed by atoms with E-state index in [1.807, 2.05) is 11.8 Å². The van der Waals surface area contributed by atoms with Crippen LogP contribution in [0, 0.1) is 5.92 Å². The number of nitrogens with two attached hydrogens (primary N) is 1. The number of rotatable bonds is 2. The minimum atomic E-state index is 0.269. The summed E-state index contributed by atoms with van der Waals surface area (Å²) in [5.74, 6) is 0.773. The van der Waals surface area contributed by atoms with Crippen LogP contribution in [0.15, 0.2) is 0 Å². The minimum absolute atomic E-state index is 0.269. The van der Waals surface area contributed by atoms with Crippen LogP contribution in [0.1, 0.15) is 33.1 Å². The molecular weight excluding hydrogens is 164 g/mol. The predicted octanol–water partition coefficient (Wildman–Crippen LogP) is 0.982. The fraction of sp³-hybridized carbons (Fsp3) is 0.900. The highest BCUT2D eigenvalue weighted by Crippen LogP contribution is 2.18. The largest absolute Gasteiger partial charge is 0.342 e. The third-order valence-electron chi connectivity index (χ3n) is 2.97. The molecule has 3 nitrogen and oxygen atoms in total. The van der Waals surface area contributed by atoms with Crippen LogP contribution in [0.4, 0.5) is 0 Å². The maximum Gasteiger partial charge on any atom is 0.222 e. The maximum absolute atomic E-state index is 11.4. The molecule has 1 aliphatic heterocycles. The molecule has 1 fully saturated rings. The topological polar surface area (TPSA) is 46.3 Å². The van der Waals surface area contributed by atoms with Gasteiger partial charge in [-0.1, -0.05) is 20.3 Å². The first-order chi connectivity index (χ1) is 6.19. The Kier molecular flexibility index (Phi) is 3.72. The normalized spacial score (nSPS) is 29.0. The molecule has 1 rings (SSSR count). The van der Waals surface area contributed by atoms with Gasteiger partial charge in [0.2, 0.25) is 5.91 Å². The standard InChI is InChI=1S/C10H20N2O/c1-3-8-7-12(10(13)4-2)6-5-9(8)11/h8-9H,3-7,11H2,1-2H3/t8-,9+/m1/s1. The fourth-order valence-corrected chi connectivity index (χ4v) is 1.93. The molecule has 1 amide bonds. The van der Waals surface area contributed by atoms with Gasteiger partial charge in [-0.25, -0.2) is 0 Å². The van der Waals surface area contributed by atoms with E-state index in [4.69, 9.17) is 5.73 Å². The van der Waals surface area contributed by atoms with Crippen LogP contribution in [0.5, 0.6) is 0 Å². The zero-order valence-corrected chi connectivity index (χ0v) is 8.62. The third-order valence-corrected chi connectivity index (χ3v) is 2.97. The van der Waals surface area contributed by atoms with E-state index in [1.54, 1.807) is 0 Å². The fourth-order valence-electron chi connectivity index (χ4n) is 1.93. The number of piperidine rings is 1. The number of hydrogen-bond acceptors (Lipinski definition) is 2. The van der Waals surface area contributed by atoms with Gasteiger partial charge < -0.3 is 10.6 Å². The van der Waals surface area contributed by atoms with E-state index in [0.717, 1.165) is 25.9 Å². The van der Waals surface area contributed by atoms with Gasteiger partial charge in [0.1, 0.15) is 0 Å². The molecule has 1 saturated heterocycles. The van der Waals surface area contributed by atoms with Crippen molar-refractivity contribution in [2.24, 2.45) is 11.7 Å². The summed E-state index contributed by atoms with van der Waals surface area (Å²) in [6.07, 6.45) is 2.66. The van der Waals surface area contributed by atoms with Crippen LogP contribution in [-0.2, 0) is 4.79 Å². The van der Waals surface area contributed by atoms with Gasteiger partial charge in [0, 0.05) is 25.6 Å². The molecule has 0 bridgehead atoms. The van der Waals surface area contributed by atoms with E-state index >= 15 is 0 Å². The summed E-state index contributed by atoms with van der Waals surface area (Å²) in [7, 11) is 0. The van der Waals surface area contributed by atoms with Gasteiger partial charge in [0.25, 0.3) is 0 Å². The Morgan fingerprint density at radius 3 is 2.77 bits per heavy atom. The lowest BCUT2D eigenvalue weighted by molar-refractivity contribution is -0.132. The van der Waals surface area contributed by atoms with Gasteiger partial charge in [-0.15, -0.1) is 0 Å². The van der Waals surface area contributed by atoms with Crippen LogP contribution in [0.25, 0.3) is 0 Å². The summed E-state index contributed by atoms with van der Waals surface area (Å²) in [6, 6.07) is 0.297. The molecule has 2 atom stereocenters. The minimum Gasteiger partial charge on any atom is -0.342 e. The molecule has 0 aromatic heterocycles. The molecule has 0 aliphatic carbocycles. The van der Waals surface area contributed by atoms with E-state index in [2.05, 4.69) is 6.92 Å². The molecule has 76 valence electrons. The Morgan fingerprint density at radius 2 is 2.23 bits per heavy atom. The zero-order valence-electron chi connectivity index (χ0n) is 8.62. The van der Waals surface area contributed by atoms with Crippen LogP contribution >= 0.6 is 0 Å². The summed E-state index contributed by atoms with van der Waals surface area (Å²) in [5.41, 5.74) is 5.96. The Balaban J connectivity index is 2.49. The summed E-state index contributed by atoms with van der Waals surface area (Å²) >= 11 is 0. The number of hydrogen-bond donors (Lipinski definition) is 1. The summed E-state index contributed by atoms with van der Waals surface area (Å²) in [5, 5.41) is 0. The molecule has 0 spiro atoms. The first-order valence-electron chi connectivity index (χ1n) is 5.22. The van der Waals surface area contributed by atoms with Crippen molar-refractivity contribution in [3.63, 3.8) is 0 Å². The van der Waals surface area contributed by atoms with Crippen molar-refractivity contribution < 1.29 is 4.79 Å². The molecule has 0 radical (unpaired) electrons. The van der Waals surface area contributed by atoms with Gasteiger partial charge in [-0.2, -0.15) is 0 Å². The first kappa shape index (κ1) is 10.5. The summed E-state index contributed by atoms with van der Waals surface area (Å²) in [6.45, 7) is 5.77. The van der Waals surface area contributed by atoms with Crippen LogP contribution < -0.4 is 5.73 Å². The molecule has 2 N–H and O–H groups in total. The number of amides is 1. The number of nitrogens with zero attached hydrogens (tertiary/aromatic N) is 1. The number of carbonyl (C=O) groups excluding carboxylic acids is 1. The first-order valence-corrected chi connectivity index (χ1v) is 5.22. The maximum atomic E-state index is 11.4. The van der Waals surface area contributed by atoms with Gasteiger partial charge in [-0.3, -0.25) is 4.79 Å². The van der Waals surface area contributed by atoms with E-state index < -0.39 is 0 Å². The van der Waals surface area contributed by atoms with Crippen molar-refractivity contribution >= 4 is 5.91 Å². The second-order valence-electron chi connectivity index (χ2n) is 3.81. The Labute approximate surface area is 80.3 Å². The molecule has 13 heavy (non-hydrogen) atoms. The molecular formula is C10H20N2O. The van der Waals surface area contributed by atoms with Crippen molar-refractivity contribution in [2.45, 2.75) is 39.2 Å². The van der Waals surface area contributed by atoms with E-state index in [-0.39, 0.29) is 5.91 Å². The second-order valence-corrected chi connectivity index (χ2v) is 3.81. The average Bonchev–Trinajstić information content (AvgIpc) is 2.17. The van der Waals surface area contributed by atoms with Crippen molar-refractivity contribution in [3.8, 4) is 0 Å². The van der Waals surface area contributed by atoms with Gasteiger partial charge >= 0.3 is 0 Å². The second kappa shape index (κ2) is 4.61. The summed E-state index contributed by atoms with van der Waals surface area (Å²) < 4.78 is 0. The van der Waals surface area contributed by atoms with Crippen molar-refractivity contribution in [3.05, 3.63) is 0 Å². The molecule has 0 unspecified atom stereocenters. The van der Waals surface area contributed by atoms with Crippen molar-refractivity contribution in [1.82, 2.24) is 4.90 Å². The molecule has 3 heteroatoms. The SMILES string of the molecule is CCC(=O)N1CC[C@H](N)[C@H](CC)C1. The van der Waals surface area contributed by atoms with Crippen LogP contribution in [-0.4, -0.2) is 29.9 Å². The number of likely N-dealkylation sites (tertiary alicyclic amines) is 1. The summed E-state index contributed by atoms with van der Waals surface area (Å²) in [4.78, 5) is 13.4. The lowest BCUT2D eigenvalue weighted by Crippen LogP contribution is -2.48. The highest BCUT2D eigenvalue weighted by atomic mass is 16.2. The molecule has 1 heterocycles. The Hall–Kier alpha value is -0.570. The quantitative estimate of drug-likeness (QED) is 0.695. The molecule has 0 saturated carbocycles. The predicted molar refractivity (Wildman–Crippen MR) is 53.2 cm³/mol. The number of carbonyl (C=O) groups is 1. The van der Waals surface area contributed by atoms with Crippen LogP contribution in [0.3, 0.4) is 0 Å². The van der Waals surface area contributed by atoms with Crippen molar-refractivity contribution in [1.29, 1.82) is 0 Å². The highest BCUT2D eigenvalue weighted by Gasteiger charge is 2.26. The lowest BCUT2D eigenvalue weighted by Gasteiger charge is -2.36. The van der Waals surface area contributed by atoms with Gasteiger partial charge in [0.05, 0.1) is 0 Å². The van der Waals surface area contributed by atoms with Crippen LogP contribution in [0.2, 0.25) is 0 Å². The van der Waals surface area contributed by atoms with Gasteiger partial charge in [0.15, 0.2) is 0 Å². The third kappa shape index (κ3) is 2.44. The Morgan fingerprint density at radius 1 is 1.54 bits per heavy atom. The van der Waals surface area contributed by atoms with E-state index in [1.165, 1.54) is 0 Å². The van der Waals surface area contributed by atoms with Gasteiger partial charge in [-0.05, 0) is 12.3 Å². The smallest absolute Gasteiger partial charge is 0.222 e. The molecule has 0 aromatic rings. The lowest BCUT2D eigenvalue weighted by atomic mass is 9.90. The Bertz CT molecular complexity index is 182. The molecule has 0 aromatic carbocycles. The molecule has 1 aliphatic rings.